The molecule has 90 valence electrons. The number of aryl methyl sites for hydroxylation is 2. The van der Waals surface area contributed by atoms with Gasteiger partial charge < -0.3 is 5.32 Å². The predicted octanol–water partition coefficient (Wildman–Crippen LogP) is 4.79. The van der Waals surface area contributed by atoms with Gasteiger partial charge in [0.15, 0.2) is 0 Å². The Morgan fingerprint density at radius 3 is 2.82 bits per heavy atom. The lowest BCUT2D eigenvalue weighted by Gasteiger charge is -2.06. The molecule has 5 heteroatoms. The highest BCUT2D eigenvalue weighted by Gasteiger charge is 2.05. The summed E-state index contributed by atoms with van der Waals surface area (Å²) in [5.74, 6) is 0. The topological polar surface area (TPSA) is 24.9 Å². The van der Waals surface area contributed by atoms with Crippen LogP contribution in [0.25, 0.3) is 0 Å². The van der Waals surface area contributed by atoms with Crippen molar-refractivity contribution >= 4 is 44.6 Å². The van der Waals surface area contributed by atoms with Gasteiger partial charge in [0, 0.05) is 9.35 Å². The highest BCUT2D eigenvalue weighted by Crippen LogP contribution is 2.26. The zero-order valence-corrected chi connectivity index (χ0v) is 12.7. The van der Waals surface area contributed by atoms with Gasteiger partial charge in [-0.3, -0.25) is 0 Å². The largest absolute Gasteiger partial charge is 0.377 e. The van der Waals surface area contributed by atoms with Crippen molar-refractivity contribution in [3.63, 3.8) is 0 Å². The van der Waals surface area contributed by atoms with Crippen LogP contribution in [0.4, 0.5) is 5.69 Å². The van der Waals surface area contributed by atoms with Crippen LogP contribution in [0.3, 0.4) is 0 Å². The van der Waals surface area contributed by atoms with Crippen molar-refractivity contribution in [2.45, 2.75) is 20.4 Å². The second kappa shape index (κ2) is 5.38. The molecule has 0 spiro atoms. The van der Waals surface area contributed by atoms with Gasteiger partial charge in [0.1, 0.15) is 5.01 Å². The summed E-state index contributed by atoms with van der Waals surface area (Å²) in [6.07, 6.45) is 0. The number of nitrogens with one attached hydrogen (secondary N) is 1. The molecular formula is C12H12BrClN2S. The van der Waals surface area contributed by atoms with E-state index in [0.29, 0.717) is 6.54 Å². The van der Waals surface area contributed by atoms with Gasteiger partial charge in [-0.05, 0) is 32.0 Å². The van der Waals surface area contributed by atoms with Gasteiger partial charge >= 0.3 is 0 Å². The zero-order valence-electron chi connectivity index (χ0n) is 9.55. The summed E-state index contributed by atoms with van der Waals surface area (Å²) in [7, 11) is 0. The van der Waals surface area contributed by atoms with E-state index in [2.05, 4.69) is 33.2 Å². The summed E-state index contributed by atoms with van der Waals surface area (Å²) in [5.41, 5.74) is 2.03. The smallest absolute Gasteiger partial charge is 0.112 e. The summed E-state index contributed by atoms with van der Waals surface area (Å²) in [4.78, 5) is 5.74. The molecular weight excluding hydrogens is 320 g/mol. The van der Waals surface area contributed by atoms with Crippen molar-refractivity contribution in [2.24, 2.45) is 0 Å². The van der Waals surface area contributed by atoms with Gasteiger partial charge in [0.05, 0.1) is 22.9 Å². The Hall–Kier alpha value is -0.580. The summed E-state index contributed by atoms with van der Waals surface area (Å²) >= 11 is 11.2. The first-order chi connectivity index (χ1) is 8.06. The van der Waals surface area contributed by atoms with Crippen molar-refractivity contribution in [3.8, 4) is 0 Å². The van der Waals surface area contributed by atoms with Gasteiger partial charge in [-0.25, -0.2) is 4.98 Å². The summed E-state index contributed by atoms with van der Waals surface area (Å²) in [6, 6.07) is 5.76. The lowest BCUT2D eigenvalue weighted by atomic mass is 10.3. The van der Waals surface area contributed by atoms with E-state index in [4.69, 9.17) is 11.6 Å². The van der Waals surface area contributed by atoms with Crippen LogP contribution in [-0.2, 0) is 6.54 Å². The molecule has 0 amide bonds. The van der Waals surface area contributed by atoms with Crippen LogP contribution < -0.4 is 5.32 Å². The second-order valence-electron chi connectivity index (χ2n) is 3.73. The van der Waals surface area contributed by atoms with E-state index in [0.717, 1.165) is 25.9 Å². The molecule has 0 aliphatic carbocycles. The van der Waals surface area contributed by atoms with Crippen molar-refractivity contribution in [2.75, 3.05) is 5.32 Å². The summed E-state index contributed by atoms with van der Waals surface area (Å²) in [5, 5.41) is 5.10. The lowest BCUT2D eigenvalue weighted by molar-refractivity contribution is 1.07. The van der Waals surface area contributed by atoms with E-state index >= 15 is 0 Å². The Bertz CT molecular complexity index is 520. The van der Waals surface area contributed by atoms with Gasteiger partial charge in [-0.15, -0.1) is 11.3 Å². The SMILES string of the molecule is Cc1nc(CNc2cc(Br)ccc2Cl)sc1C. The normalized spacial score (nSPS) is 10.6. The maximum Gasteiger partial charge on any atom is 0.112 e. The Labute approximate surface area is 118 Å². The third-order valence-corrected chi connectivity index (χ3v) is 4.33. The summed E-state index contributed by atoms with van der Waals surface area (Å²) in [6.45, 7) is 4.82. The fourth-order valence-corrected chi connectivity index (χ4v) is 2.84. The van der Waals surface area contributed by atoms with Crippen molar-refractivity contribution in [1.82, 2.24) is 4.98 Å². The second-order valence-corrected chi connectivity index (χ2v) is 6.34. The molecule has 0 aliphatic rings. The Kier molecular flexibility index (Phi) is 4.07. The van der Waals surface area contributed by atoms with E-state index in [-0.39, 0.29) is 0 Å². The Morgan fingerprint density at radius 1 is 1.41 bits per heavy atom. The molecule has 0 fully saturated rings. The Balaban J connectivity index is 2.09. The van der Waals surface area contributed by atoms with Crippen LogP contribution >= 0.6 is 38.9 Å². The van der Waals surface area contributed by atoms with Gasteiger partial charge in [0.2, 0.25) is 0 Å². The van der Waals surface area contributed by atoms with E-state index in [1.165, 1.54) is 4.88 Å². The lowest BCUT2D eigenvalue weighted by Crippen LogP contribution is -1.99. The quantitative estimate of drug-likeness (QED) is 0.875. The highest BCUT2D eigenvalue weighted by atomic mass is 79.9. The molecule has 0 saturated heterocycles. The van der Waals surface area contributed by atoms with E-state index in [1.54, 1.807) is 11.3 Å². The average Bonchev–Trinajstić information content (AvgIpc) is 2.60. The van der Waals surface area contributed by atoms with Crippen LogP contribution in [0.15, 0.2) is 22.7 Å². The van der Waals surface area contributed by atoms with Crippen LogP contribution in [-0.4, -0.2) is 4.98 Å². The molecule has 0 aliphatic heterocycles. The third kappa shape index (κ3) is 3.21. The van der Waals surface area contributed by atoms with Crippen molar-refractivity contribution in [3.05, 3.63) is 43.3 Å². The number of benzene rings is 1. The monoisotopic (exact) mass is 330 g/mol. The summed E-state index contributed by atoms with van der Waals surface area (Å²) < 4.78 is 1.01. The van der Waals surface area contributed by atoms with Crippen LogP contribution in [0.2, 0.25) is 5.02 Å². The van der Waals surface area contributed by atoms with E-state index in [9.17, 15) is 0 Å². The van der Waals surface area contributed by atoms with Crippen LogP contribution in [0, 0.1) is 13.8 Å². The molecule has 0 bridgehead atoms. The molecule has 0 saturated carbocycles. The van der Waals surface area contributed by atoms with Crippen molar-refractivity contribution in [1.29, 1.82) is 0 Å². The van der Waals surface area contributed by atoms with Gasteiger partial charge in [0.25, 0.3) is 0 Å². The van der Waals surface area contributed by atoms with Crippen LogP contribution in [0.5, 0.6) is 0 Å². The number of nitrogens with zero attached hydrogens (tertiary/aromatic N) is 1. The zero-order chi connectivity index (χ0) is 12.4. The highest BCUT2D eigenvalue weighted by molar-refractivity contribution is 9.10. The first-order valence-electron chi connectivity index (χ1n) is 5.18. The maximum absolute atomic E-state index is 6.10. The molecule has 2 nitrogen and oxygen atoms in total. The number of hydrogen-bond acceptors (Lipinski definition) is 3. The number of aromatic nitrogens is 1. The molecule has 1 aromatic heterocycles. The Morgan fingerprint density at radius 2 is 2.18 bits per heavy atom. The third-order valence-electron chi connectivity index (χ3n) is 2.43. The number of hydrogen-bond donors (Lipinski definition) is 1. The molecule has 17 heavy (non-hydrogen) atoms. The predicted molar refractivity (Wildman–Crippen MR) is 78.1 cm³/mol. The minimum absolute atomic E-state index is 0.704. The maximum atomic E-state index is 6.10. The van der Waals surface area contributed by atoms with Crippen molar-refractivity contribution < 1.29 is 0 Å². The van der Waals surface area contributed by atoms with Gasteiger partial charge in [-0.2, -0.15) is 0 Å². The molecule has 2 rings (SSSR count). The molecule has 1 aromatic carbocycles. The minimum Gasteiger partial charge on any atom is -0.377 e. The molecule has 0 unspecified atom stereocenters. The number of anilines is 1. The first-order valence-corrected chi connectivity index (χ1v) is 7.17. The fraction of sp³-hybridized carbons (Fsp3) is 0.250. The van der Waals surface area contributed by atoms with E-state index < -0.39 is 0 Å². The molecule has 1 N–H and O–H groups in total. The molecule has 0 atom stereocenters. The molecule has 1 heterocycles. The fourth-order valence-electron chi connectivity index (χ4n) is 1.42. The molecule has 2 aromatic rings. The molecule has 0 radical (unpaired) electrons. The first kappa shape index (κ1) is 12.9. The average molecular weight is 332 g/mol. The van der Waals surface area contributed by atoms with E-state index in [1.807, 2.05) is 25.1 Å². The minimum atomic E-state index is 0.704. The number of halogens is 2. The standard InChI is InChI=1S/C12H12BrClN2S/c1-7-8(2)17-12(16-7)6-15-11-5-9(13)3-4-10(11)14/h3-5,15H,6H2,1-2H3. The number of thiazole rings is 1. The number of rotatable bonds is 3. The van der Waals surface area contributed by atoms with Crippen LogP contribution in [0.1, 0.15) is 15.6 Å². The van der Waals surface area contributed by atoms with Gasteiger partial charge in [-0.1, -0.05) is 27.5 Å².